The van der Waals surface area contributed by atoms with Crippen LogP contribution >= 0.6 is 0 Å². The maximum Gasteiger partial charge on any atom is 0.221 e. The van der Waals surface area contributed by atoms with E-state index < -0.39 is 0 Å². The van der Waals surface area contributed by atoms with Gasteiger partial charge in [0.05, 0.1) is 0 Å². The first-order valence-electron chi connectivity index (χ1n) is 7.62. The molecule has 0 saturated carbocycles. The van der Waals surface area contributed by atoms with E-state index in [9.17, 15) is 4.79 Å². The molecule has 4 heteroatoms. The molecule has 0 spiro atoms. The minimum Gasteiger partial charge on any atom is -0.399 e. The quantitative estimate of drug-likeness (QED) is 0.855. The Morgan fingerprint density at radius 1 is 1.27 bits per heavy atom. The Morgan fingerprint density at radius 3 is 2.86 bits per heavy atom. The molecule has 0 aromatic heterocycles. The van der Waals surface area contributed by atoms with Gasteiger partial charge in [0.15, 0.2) is 0 Å². The van der Waals surface area contributed by atoms with Crippen LogP contribution in [0.1, 0.15) is 24.5 Å². The fourth-order valence-corrected chi connectivity index (χ4v) is 3.08. The van der Waals surface area contributed by atoms with Crippen molar-refractivity contribution in [1.82, 2.24) is 0 Å². The van der Waals surface area contributed by atoms with Crippen LogP contribution in [0.5, 0.6) is 0 Å². The number of nitrogen functional groups attached to an aromatic ring is 1. The largest absolute Gasteiger partial charge is 0.399 e. The van der Waals surface area contributed by atoms with Crippen molar-refractivity contribution in [2.24, 2.45) is 0 Å². The summed E-state index contributed by atoms with van der Waals surface area (Å²) in [5, 5.41) is 2.94. The molecular formula is C18H21N3O. The summed E-state index contributed by atoms with van der Waals surface area (Å²) < 4.78 is 0. The normalized spacial score (nSPS) is 13.6. The average molecular weight is 295 g/mol. The molecule has 0 bridgehead atoms. The smallest absolute Gasteiger partial charge is 0.221 e. The molecule has 22 heavy (non-hydrogen) atoms. The molecule has 0 atom stereocenters. The second kappa shape index (κ2) is 6.10. The van der Waals surface area contributed by atoms with Crippen LogP contribution in [0.3, 0.4) is 0 Å². The first-order valence-corrected chi connectivity index (χ1v) is 7.62. The topological polar surface area (TPSA) is 58.4 Å². The standard InChI is InChI=1S/C18H21N3O/c1-13(22)20-17-8-3-9-18-16(17)7-4-10-21(18)12-14-5-2-6-15(19)11-14/h2-3,5-6,8-9,11H,4,7,10,12,19H2,1H3,(H,20,22). The summed E-state index contributed by atoms with van der Waals surface area (Å²) in [4.78, 5) is 13.7. The molecule has 2 aromatic rings. The Labute approximate surface area is 130 Å². The lowest BCUT2D eigenvalue weighted by Crippen LogP contribution is -2.29. The van der Waals surface area contributed by atoms with Crippen LogP contribution in [0, 0.1) is 0 Å². The lowest BCUT2D eigenvalue weighted by Gasteiger charge is -2.32. The van der Waals surface area contributed by atoms with Crippen LogP contribution in [-0.4, -0.2) is 12.5 Å². The van der Waals surface area contributed by atoms with E-state index in [0.29, 0.717) is 0 Å². The minimum absolute atomic E-state index is 0.0265. The molecule has 114 valence electrons. The molecule has 3 N–H and O–H groups in total. The summed E-state index contributed by atoms with van der Waals surface area (Å²) in [5.41, 5.74) is 11.2. The van der Waals surface area contributed by atoms with Gasteiger partial charge in [0, 0.05) is 37.1 Å². The SMILES string of the molecule is CC(=O)Nc1cccc2c1CCCN2Cc1cccc(N)c1. The van der Waals surface area contributed by atoms with Crippen molar-refractivity contribution in [1.29, 1.82) is 0 Å². The zero-order valence-corrected chi connectivity index (χ0v) is 12.8. The van der Waals surface area contributed by atoms with Crippen molar-refractivity contribution in [2.45, 2.75) is 26.3 Å². The number of nitrogens with two attached hydrogens (primary N) is 1. The zero-order chi connectivity index (χ0) is 15.5. The number of fused-ring (bicyclic) bond motifs is 1. The third-order valence-electron chi connectivity index (χ3n) is 3.98. The van der Waals surface area contributed by atoms with E-state index in [0.717, 1.165) is 37.3 Å². The molecule has 1 aliphatic rings. The first-order chi connectivity index (χ1) is 10.6. The highest BCUT2D eigenvalue weighted by molar-refractivity contribution is 5.90. The van der Waals surface area contributed by atoms with E-state index >= 15 is 0 Å². The number of nitrogens with zero attached hydrogens (tertiary/aromatic N) is 1. The van der Waals surface area contributed by atoms with E-state index in [-0.39, 0.29) is 5.91 Å². The van der Waals surface area contributed by atoms with E-state index in [2.05, 4.69) is 22.3 Å². The molecule has 2 aromatic carbocycles. The monoisotopic (exact) mass is 295 g/mol. The van der Waals surface area contributed by atoms with Gasteiger partial charge in [-0.2, -0.15) is 0 Å². The van der Waals surface area contributed by atoms with Gasteiger partial charge in [0.2, 0.25) is 5.91 Å². The molecule has 3 rings (SSSR count). The van der Waals surface area contributed by atoms with Gasteiger partial charge in [0.25, 0.3) is 0 Å². The van der Waals surface area contributed by atoms with Crippen LogP contribution in [0.4, 0.5) is 17.1 Å². The Bertz CT molecular complexity index is 696. The van der Waals surface area contributed by atoms with Gasteiger partial charge in [-0.05, 0) is 48.2 Å². The second-order valence-electron chi connectivity index (χ2n) is 5.75. The highest BCUT2D eigenvalue weighted by Crippen LogP contribution is 2.33. The second-order valence-corrected chi connectivity index (χ2v) is 5.75. The summed E-state index contributed by atoms with van der Waals surface area (Å²) in [6.45, 7) is 3.40. The predicted molar refractivity (Wildman–Crippen MR) is 91.0 cm³/mol. The first kappa shape index (κ1) is 14.4. The number of hydrogen-bond donors (Lipinski definition) is 2. The third kappa shape index (κ3) is 3.06. The number of carbonyl (C=O) groups excluding carboxylic acids is 1. The Hall–Kier alpha value is -2.49. The van der Waals surface area contributed by atoms with Gasteiger partial charge in [-0.1, -0.05) is 18.2 Å². The molecule has 1 heterocycles. The molecule has 0 aliphatic carbocycles. The molecular weight excluding hydrogens is 274 g/mol. The van der Waals surface area contributed by atoms with E-state index in [4.69, 9.17) is 5.73 Å². The van der Waals surface area contributed by atoms with E-state index in [1.54, 1.807) is 6.92 Å². The Morgan fingerprint density at radius 2 is 2.09 bits per heavy atom. The molecule has 1 aliphatic heterocycles. The summed E-state index contributed by atoms with van der Waals surface area (Å²) in [7, 11) is 0. The Balaban J connectivity index is 1.89. The average Bonchev–Trinajstić information content (AvgIpc) is 2.48. The number of anilines is 3. The van der Waals surface area contributed by atoms with Crippen LogP contribution < -0.4 is 16.0 Å². The minimum atomic E-state index is -0.0265. The van der Waals surface area contributed by atoms with Gasteiger partial charge in [-0.25, -0.2) is 0 Å². The van der Waals surface area contributed by atoms with E-state index in [1.165, 1.54) is 16.8 Å². The van der Waals surface area contributed by atoms with Crippen LogP contribution in [0.15, 0.2) is 42.5 Å². The number of hydrogen-bond acceptors (Lipinski definition) is 3. The fraction of sp³-hybridized carbons (Fsp3) is 0.278. The lowest BCUT2D eigenvalue weighted by atomic mass is 9.99. The van der Waals surface area contributed by atoms with Gasteiger partial charge >= 0.3 is 0 Å². The fourth-order valence-electron chi connectivity index (χ4n) is 3.08. The van der Waals surface area contributed by atoms with Crippen LogP contribution in [0.25, 0.3) is 0 Å². The number of amides is 1. The number of carbonyl (C=O) groups is 1. The summed E-state index contributed by atoms with van der Waals surface area (Å²) in [5.74, 6) is -0.0265. The molecule has 0 fully saturated rings. The van der Waals surface area contributed by atoms with E-state index in [1.807, 2.05) is 30.3 Å². The van der Waals surface area contributed by atoms with Gasteiger partial charge in [-0.15, -0.1) is 0 Å². The van der Waals surface area contributed by atoms with Crippen LogP contribution in [0.2, 0.25) is 0 Å². The summed E-state index contributed by atoms with van der Waals surface area (Å²) in [6, 6.07) is 14.1. The van der Waals surface area contributed by atoms with Crippen molar-refractivity contribution >= 4 is 23.0 Å². The summed E-state index contributed by atoms with van der Waals surface area (Å²) in [6.07, 6.45) is 2.09. The van der Waals surface area contributed by atoms with Crippen molar-refractivity contribution in [3.8, 4) is 0 Å². The Kier molecular flexibility index (Phi) is 4.00. The highest BCUT2D eigenvalue weighted by Gasteiger charge is 2.19. The van der Waals surface area contributed by atoms with Crippen molar-refractivity contribution in [3.05, 3.63) is 53.6 Å². The molecule has 1 amide bonds. The highest BCUT2D eigenvalue weighted by atomic mass is 16.1. The number of benzene rings is 2. The van der Waals surface area contributed by atoms with Crippen molar-refractivity contribution in [2.75, 3.05) is 22.5 Å². The van der Waals surface area contributed by atoms with Crippen molar-refractivity contribution in [3.63, 3.8) is 0 Å². The molecule has 0 saturated heterocycles. The van der Waals surface area contributed by atoms with Gasteiger partial charge in [0.1, 0.15) is 0 Å². The van der Waals surface area contributed by atoms with Gasteiger partial charge in [-0.3, -0.25) is 4.79 Å². The lowest BCUT2D eigenvalue weighted by molar-refractivity contribution is -0.114. The maximum atomic E-state index is 11.4. The number of rotatable bonds is 3. The molecule has 4 nitrogen and oxygen atoms in total. The van der Waals surface area contributed by atoms with Crippen LogP contribution in [-0.2, 0) is 17.8 Å². The predicted octanol–water partition coefficient (Wildman–Crippen LogP) is 3.18. The molecule has 0 radical (unpaired) electrons. The number of nitrogens with one attached hydrogen (secondary N) is 1. The zero-order valence-electron chi connectivity index (χ0n) is 12.8. The molecule has 0 unspecified atom stereocenters. The maximum absolute atomic E-state index is 11.4. The third-order valence-corrected chi connectivity index (χ3v) is 3.98. The van der Waals surface area contributed by atoms with Gasteiger partial charge < -0.3 is 16.0 Å². The van der Waals surface area contributed by atoms with Crippen molar-refractivity contribution < 1.29 is 4.79 Å². The summed E-state index contributed by atoms with van der Waals surface area (Å²) >= 11 is 0.